The molecule has 3 heteroatoms. The summed E-state index contributed by atoms with van der Waals surface area (Å²) >= 11 is 5.34. The molecule has 0 aliphatic carbocycles. The van der Waals surface area contributed by atoms with Gasteiger partial charge in [0.05, 0.1) is 5.88 Å². The van der Waals surface area contributed by atoms with Gasteiger partial charge in [-0.2, -0.15) is 5.26 Å². The van der Waals surface area contributed by atoms with E-state index in [1.165, 1.54) is 12.1 Å². The fourth-order valence-electron chi connectivity index (χ4n) is 0.871. The molecule has 0 radical (unpaired) electrons. The molecule has 0 bridgehead atoms. The van der Waals surface area contributed by atoms with Crippen molar-refractivity contribution in [3.63, 3.8) is 0 Å². The maximum atomic E-state index is 13.0. The highest BCUT2D eigenvalue weighted by Gasteiger charge is 2.04. The van der Waals surface area contributed by atoms with Crippen LogP contribution in [0, 0.1) is 29.0 Å². The van der Waals surface area contributed by atoms with Crippen molar-refractivity contribution in [3.05, 3.63) is 35.1 Å². The minimum absolute atomic E-state index is 0.0277. The molecule has 0 fully saturated rings. The maximum Gasteiger partial charge on any atom is 0.142 e. The Hall–Kier alpha value is -1.51. The van der Waals surface area contributed by atoms with Gasteiger partial charge in [0.15, 0.2) is 0 Å². The largest absolute Gasteiger partial charge is 0.205 e. The first-order valence-corrected chi connectivity index (χ1v) is 4.06. The molecule has 13 heavy (non-hydrogen) atoms. The first-order valence-electron chi connectivity index (χ1n) is 3.53. The summed E-state index contributed by atoms with van der Waals surface area (Å²) in [4.78, 5) is 0. The summed E-state index contributed by atoms with van der Waals surface area (Å²) in [5.74, 6) is 4.79. The van der Waals surface area contributed by atoms with Gasteiger partial charge in [-0.1, -0.05) is 17.9 Å². The van der Waals surface area contributed by atoms with Crippen molar-refractivity contribution in [2.75, 3.05) is 5.88 Å². The standard InChI is InChI=1S/C10H5ClFN/c11-6-2-4-8-3-1-5-10(12)9(8)7-13/h1,3,5H,6H2. The molecule has 1 rings (SSSR count). The van der Waals surface area contributed by atoms with E-state index in [0.717, 1.165) is 0 Å². The number of halogens is 2. The SMILES string of the molecule is N#Cc1c(F)cccc1C#CCCl. The second kappa shape index (κ2) is 4.50. The van der Waals surface area contributed by atoms with Gasteiger partial charge in [-0.25, -0.2) is 4.39 Å². The zero-order valence-electron chi connectivity index (χ0n) is 6.64. The van der Waals surface area contributed by atoms with E-state index in [9.17, 15) is 4.39 Å². The van der Waals surface area contributed by atoms with Crippen LogP contribution in [0.25, 0.3) is 0 Å². The van der Waals surface area contributed by atoms with Crippen molar-refractivity contribution in [1.82, 2.24) is 0 Å². The summed E-state index contributed by atoms with van der Waals surface area (Å²) in [5.41, 5.74) is 0.350. The number of rotatable bonds is 0. The van der Waals surface area contributed by atoms with Crippen LogP contribution < -0.4 is 0 Å². The molecule has 0 heterocycles. The Labute approximate surface area is 80.8 Å². The molecule has 1 aromatic carbocycles. The third kappa shape index (κ3) is 2.21. The highest BCUT2D eigenvalue weighted by atomic mass is 35.5. The lowest BCUT2D eigenvalue weighted by atomic mass is 10.1. The second-order valence-corrected chi connectivity index (χ2v) is 2.48. The van der Waals surface area contributed by atoms with Crippen LogP contribution in [-0.4, -0.2) is 5.88 Å². The molecule has 0 saturated heterocycles. The molecule has 0 spiro atoms. The molecular formula is C10H5ClFN. The summed E-state index contributed by atoms with van der Waals surface area (Å²) in [7, 11) is 0. The minimum atomic E-state index is -0.552. The van der Waals surface area contributed by atoms with Crippen LogP contribution >= 0.6 is 11.6 Å². The third-order valence-electron chi connectivity index (χ3n) is 1.42. The van der Waals surface area contributed by atoms with Crippen molar-refractivity contribution < 1.29 is 4.39 Å². The summed E-state index contributed by atoms with van der Waals surface area (Å²) in [5, 5.41) is 8.61. The second-order valence-electron chi connectivity index (χ2n) is 2.21. The Morgan fingerprint density at radius 2 is 2.23 bits per heavy atom. The molecule has 0 saturated carbocycles. The number of hydrogen-bond acceptors (Lipinski definition) is 1. The first-order chi connectivity index (χ1) is 6.29. The minimum Gasteiger partial charge on any atom is -0.205 e. The van der Waals surface area contributed by atoms with E-state index in [-0.39, 0.29) is 11.4 Å². The van der Waals surface area contributed by atoms with E-state index in [1.54, 1.807) is 12.1 Å². The van der Waals surface area contributed by atoms with E-state index in [1.807, 2.05) is 0 Å². The fraction of sp³-hybridized carbons (Fsp3) is 0.100. The van der Waals surface area contributed by atoms with Crippen molar-refractivity contribution in [2.45, 2.75) is 0 Å². The molecular weight excluding hydrogens is 189 g/mol. The predicted molar refractivity (Wildman–Crippen MR) is 48.7 cm³/mol. The van der Waals surface area contributed by atoms with Crippen molar-refractivity contribution in [3.8, 4) is 17.9 Å². The Bertz CT molecular complexity index is 409. The number of alkyl halides is 1. The number of hydrogen-bond donors (Lipinski definition) is 0. The highest BCUT2D eigenvalue weighted by molar-refractivity contribution is 6.19. The van der Waals surface area contributed by atoms with Gasteiger partial charge < -0.3 is 0 Å². The van der Waals surface area contributed by atoms with E-state index >= 15 is 0 Å². The lowest BCUT2D eigenvalue weighted by Gasteiger charge is -1.94. The Morgan fingerprint density at radius 3 is 2.85 bits per heavy atom. The van der Waals surface area contributed by atoms with Crippen molar-refractivity contribution in [1.29, 1.82) is 5.26 Å². The highest BCUT2D eigenvalue weighted by Crippen LogP contribution is 2.10. The first kappa shape index (κ1) is 9.58. The lowest BCUT2D eigenvalue weighted by molar-refractivity contribution is 0.623. The molecule has 0 aromatic heterocycles. The van der Waals surface area contributed by atoms with Crippen LogP contribution in [0.2, 0.25) is 0 Å². The topological polar surface area (TPSA) is 23.8 Å². The molecule has 1 aromatic rings. The number of benzene rings is 1. The summed E-state index contributed by atoms with van der Waals surface area (Å²) < 4.78 is 13.0. The average Bonchev–Trinajstić information content (AvgIpc) is 2.15. The average molecular weight is 194 g/mol. The fourth-order valence-corrected chi connectivity index (χ4v) is 0.937. The molecule has 64 valence electrons. The van der Waals surface area contributed by atoms with E-state index < -0.39 is 5.82 Å². The Kier molecular flexibility index (Phi) is 3.31. The monoisotopic (exact) mass is 193 g/mol. The van der Waals surface area contributed by atoms with Crippen LogP contribution in [0.3, 0.4) is 0 Å². The van der Waals surface area contributed by atoms with E-state index in [2.05, 4.69) is 11.8 Å². The van der Waals surface area contributed by atoms with Gasteiger partial charge in [-0.05, 0) is 12.1 Å². The Balaban J connectivity index is 3.22. The van der Waals surface area contributed by atoms with Crippen LogP contribution in [0.5, 0.6) is 0 Å². The van der Waals surface area contributed by atoms with Crippen LogP contribution in [0.15, 0.2) is 18.2 Å². The number of nitriles is 1. The molecule has 0 N–H and O–H groups in total. The van der Waals surface area contributed by atoms with Crippen LogP contribution in [0.4, 0.5) is 4.39 Å². The third-order valence-corrected chi connectivity index (χ3v) is 1.55. The number of nitrogens with zero attached hydrogens (tertiary/aromatic N) is 1. The maximum absolute atomic E-state index is 13.0. The van der Waals surface area contributed by atoms with Gasteiger partial charge in [0.1, 0.15) is 17.4 Å². The summed E-state index contributed by atoms with van der Waals surface area (Å²) in [6.45, 7) is 0. The normalized spacial score (nSPS) is 8.38. The van der Waals surface area contributed by atoms with Crippen LogP contribution in [-0.2, 0) is 0 Å². The van der Waals surface area contributed by atoms with Gasteiger partial charge in [0, 0.05) is 5.56 Å². The molecule has 1 nitrogen and oxygen atoms in total. The molecule has 0 amide bonds. The summed E-state index contributed by atoms with van der Waals surface area (Å²) in [6, 6.07) is 6.07. The molecule has 0 aliphatic heterocycles. The van der Waals surface area contributed by atoms with Crippen molar-refractivity contribution >= 4 is 11.6 Å². The smallest absolute Gasteiger partial charge is 0.142 e. The molecule has 0 aliphatic rings. The van der Waals surface area contributed by atoms with E-state index in [4.69, 9.17) is 16.9 Å². The molecule has 0 atom stereocenters. The van der Waals surface area contributed by atoms with Gasteiger partial charge in [-0.3, -0.25) is 0 Å². The predicted octanol–water partition coefficient (Wildman–Crippen LogP) is 2.29. The van der Waals surface area contributed by atoms with Gasteiger partial charge >= 0.3 is 0 Å². The van der Waals surface area contributed by atoms with E-state index in [0.29, 0.717) is 5.56 Å². The quantitative estimate of drug-likeness (QED) is 0.458. The van der Waals surface area contributed by atoms with Crippen molar-refractivity contribution in [2.24, 2.45) is 0 Å². The zero-order chi connectivity index (χ0) is 9.68. The zero-order valence-corrected chi connectivity index (χ0v) is 7.40. The Morgan fingerprint density at radius 1 is 1.46 bits per heavy atom. The molecule has 0 unspecified atom stereocenters. The van der Waals surface area contributed by atoms with Gasteiger partial charge in [0.25, 0.3) is 0 Å². The summed E-state index contributed by atoms with van der Waals surface area (Å²) in [6.07, 6.45) is 0. The van der Waals surface area contributed by atoms with Crippen LogP contribution in [0.1, 0.15) is 11.1 Å². The lowest BCUT2D eigenvalue weighted by Crippen LogP contribution is -1.88. The van der Waals surface area contributed by atoms with Gasteiger partial charge in [0.2, 0.25) is 0 Å². The van der Waals surface area contributed by atoms with Gasteiger partial charge in [-0.15, -0.1) is 11.6 Å².